The van der Waals surface area contributed by atoms with Crippen molar-refractivity contribution in [2.75, 3.05) is 12.4 Å². The van der Waals surface area contributed by atoms with Crippen molar-refractivity contribution in [2.45, 2.75) is 0 Å². The van der Waals surface area contributed by atoms with Crippen LogP contribution in [0.4, 0.5) is 10.2 Å². The topological polar surface area (TPSA) is 95.7 Å². The summed E-state index contributed by atoms with van der Waals surface area (Å²) in [4.78, 5) is 19.7. The number of amides is 1. The smallest absolute Gasteiger partial charge is 0.256 e. The second-order valence-electron chi connectivity index (χ2n) is 5.72. The van der Waals surface area contributed by atoms with Gasteiger partial charge in [0.15, 0.2) is 11.6 Å². The van der Waals surface area contributed by atoms with Crippen molar-refractivity contribution in [1.29, 1.82) is 0 Å². The molecule has 0 aliphatic heterocycles. The molecule has 0 saturated heterocycles. The second kappa shape index (κ2) is 6.73. The number of anilines is 1. The van der Waals surface area contributed by atoms with E-state index in [4.69, 9.17) is 16.3 Å². The fourth-order valence-electron chi connectivity index (χ4n) is 2.61. The lowest BCUT2D eigenvalue weighted by molar-refractivity contribution is 0.102. The summed E-state index contributed by atoms with van der Waals surface area (Å²) in [5, 5.41) is 9.85. The number of fused-ring (bicyclic) bond motifs is 1. The Kier molecular flexibility index (Phi) is 4.25. The number of imidazole rings is 1. The molecule has 4 rings (SSSR count). The first-order valence-corrected chi connectivity index (χ1v) is 8.27. The van der Waals surface area contributed by atoms with E-state index in [0.29, 0.717) is 44.7 Å². The molecule has 0 saturated carbocycles. The number of H-pyrrole nitrogens is 2. The van der Waals surface area contributed by atoms with E-state index in [1.54, 1.807) is 24.3 Å². The zero-order valence-electron chi connectivity index (χ0n) is 14.0. The van der Waals surface area contributed by atoms with Gasteiger partial charge >= 0.3 is 0 Å². The van der Waals surface area contributed by atoms with E-state index in [1.807, 2.05) is 0 Å². The number of aromatic amines is 2. The van der Waals surface area contributed by atoms with Crippen LogP contribution in [0.2, 0.25) is 5.02 Å². The molecule has 136 valence electrons. The van der Waals surface area contributed by atoms with Crippen molar-refractivity contribution >= 4 is 34.4 Å². The lowest BCUT2D eigenvalue weighted by atomic mass is 10.2. The Hall–Kier alpha value is -3.39. The molecule has 0 aliphatic rings. The first-order valence-electron chi connectivity index (χ1n) is 7.89. The lowest BCUT2D eigenvalue weighted by Crippen LogP contribution is -2.12. The molecule has 2 aromatic heterocycles. The molecular formula is C18H13ClFN5O2. The first kappa shape index (κ1) is 17.0. The lowest BCUT2D eigenvalue weighted by Gasteiger charge is -2.05. The Balaban J connectivity index is 1.55. The summed E-state index contributed by atoms with van der Waals surface area (Å²) in [5.74, 6) is 0.555. The van der Waals surface area contributed by atoms with E-state index >= 15 is 0 Å². The van der Waals surface area contributed by atoms with E-state index in [1.165, 1.54) is 25.3 Å². The van der Waals surface area contributed by atoms with Gasteiger partial charge in [0.1, 0.15) is 17.3 Å². The largest absolute Gasteiger partial charge is 0.495 e. The molecule has 2 heterocycles. The molecule has 0 aliphatic carbocycles. The van der Waals surface area contributed by atoms with Crippen LogP contribution in [0.15, 0.2) is 42.5 Å². The number of rotatable bonds is 4. The number of carbonyl (C=O) groups is 1. The summed E-state index contributed by atoms with van der Waals surface area (Å²) in [6, 6.07) is 10.6. The molecule has 7 nitrogen and oxygen atoms in total. The zero-order valence-corrected chi connectivity index (χ0v) is 14.8. The van der Waals surface area contributed by atoms with E-state index in [9.17, 15) is 9.18 Å². The zero-order chi connectivity index (χ0) is 19.0. The van der Waals surface area contributed by atoms with Gasteiger partial charge in [-0.25, -0.2) is 9.37 Å². The van der Waals surface area contributed by atoms with E-state index in [2.05, 4.69) is 25.5 Å². The van der Waals surface area contributed by atoms with Crippen molar-refractivity contribution in [2.24, 2.45) is 0 Å². The highest BCUT2D eigenvalue weighted by Crippen LogP contribution is 2.26. The highest BCUT2D eigenvalue weighted by atomic mass is 35.5. The molecule has 2 aromatic carbocycles. The number of nitrogens with zero attached hydrogens (tertiary/aromatic N) is 2. The molecule has 0 spiro atoms. The fraction of sp³-hybridized carbons (Fsp3) is 0.0556. The normalized spacial score (nSPS) is 10.9. The molecule has 4 aromatic rings. The standard InChI is InChI=1S/C18H13ClFN5O2/c1-27-15-5-2-9(6-11(15)19)18(26)23-16-8-14(24-25-16)17-21-12-4-3-10(20)7-13(12)22-17/h2-8H,1H3,(H,21,22)(H2,23,24,25,26). The molecule has 0 unspecified atom stereocenters. The monoisotopic (exact) mass is 385 g/mol. The Morgan fingerprint density at radius 1 is 1.22 bits per heavy atom. The highest BCUT2D eigenvalue weighted by molar-refractivity contribution is 6.32. The van der Waals surface area contributed by atoms with Crippen molar-refractivity contribution in [1.82, 2.24) is 20.2 Å². The Morgan fingerprint density at radius 3 is 2.85 bits per heavy atom. The van der Waals surface area contributed by atoms with Gasteiger partial charge in [0.2, 0.25) is 0 Å². The number of ether oxygens (including phenoxy) is 1. The summed E-state index contributed by atoms with van der Waals surface area (Å²) in [7, 11) is 1.50. The quantitative estimate of drug-likeness (QED) is 0.494. The third kappa shape index (κ3) is 3.34. The van der Waals surface area contributed by atoms with Gasteiger partial charge < -0.3 is 15.0 Å². The van der Waals surface area contributed by atoms with E-state index < -0.39 is 0 Å². The predicted molar refractivity (Wildman–Crippen MR) is 99.6 cm³/mol. The van der Waals surface area contributed by atoms with Gasteiger partial charge in [0, 0.05) is 11.6 Å². The van der Waals surface area contributed by atoms with E-state index in [-0.39, 0.29) is 11.7 Å². The van der Waals surface area contributed by atoms with Gasteiger partial charge in [-0.1, -0.05) is 11.6 Å². The molecule has 1 amide bonds. The van der Waals surface area contributed by atoms with Gasteiger partial charge in [-0.15, -0.1) is 0 Å². The van der Waals surface area contributed by atoms with Crippen molar-refractivity contribution in [3.63, 3.8) is 0 Å². The van der Waals surface area contributed by atoms with Gasteiger partial charge in [0.05, 0.1) is 23.2 Å². The fourth-order valence-corrected chi connectivity index (χ4v) is 2.87. The molecule has 0 atom stereocenters. The van der Waals surface area contributed by atoms with Crippen LogP contribution in [-0.4, -0.2) is 33.2 Å². The Morgan fingerprint density at radius 2 is 2.07 bits per heavy atom. The van der Waals surface area contributed by atoms with Gasteiger partial charge in [-0.05, 0) is 36.4 Å². The van der Waals surface area contributed by atoms with Crippen LogP contribution >= 0.6 is 11.6 Å². The molecule has 0 radical (unpaired) electrons. The van der Waals surface area contributed by atoms with Crippen LogP contribution in [0.3, 0.4) is 0 Å². The third-order valence-corrected chi connectivity index (χ3v) is 4.23. The summed E-state index contributed by atoms with van der Waals surface area (Å²) in [6.07, 6.45) is 0. The number of aromatic nitrogens is 4. The molecule has 0 fully saturated rings. The second-order valence-corrected chi connectivity index (χ2v) is 6.12. The van der Waals surface area contributed by atoms with E-state index in [0.717, 1.165) is 0 Å². The predicted octanol–water partition coefficient (Wildman–Crippen LogP) is 4.01. The maximum absolute atomic E-state index is 13.3. The Bertz CT molecular complexity index is 1150. The van der Waals surface area contributed by atoms with Crippen LogP contribution in [0, 0.1) is 5.82 Å². The van der Waals surface area contributed by atoms with Crippen molar-refractivity contribution < 1.29 is 13.9 Å². The average Bonchev–Trinajstić information content (AvgIpc) is 3.27. The number of hydrogen-bond donors (Lipinski definition) is 3. The van der Waals surface area contributed by atoms with Gasteiger partial charge in [-0.2, -0.15) is 5.10 Å². The minimum atomic E-state index is -0.371. The molecular weight excluding hydrogens is 373 g/mol. The minimum Gasteiger partial charge on any atom is -0.495 e. The summed E-state index contributed by atoms with van der Waals surface area (Å²) >= 11 is 6.04. The van der Waals surface area contributed by atoms with Crippen LogP contribution < -0.4 is 10.1 Å². The van der Waals surface area contributed by atoms with Crippen LogP contribution in [0.5, 0.6) is 5.75 Å². The summed E-state index contributed by atoms with van der Waals surface area (Å²) < 4.78 is 18.4. The number of halogens is 2. The average molecular weight is 386 g/mol. The maximum Gasteiger partial charge on any atom is 0.256 e. The van der Waals surface area contributed by atoms with Crippen molar-refractivity contribution in [3.8, 4) is 17.3 Å². The van der Waals surface area contributed by atoms with Gasteiger partial charge in [0.25, 0.3) is 5.91 Å². The minimum absolute atomic E-state index is 0.313. The van der Waals surface area contributed by atoms with Gasteiger partial charge in [-0.3, -0.25) is 9.89 Å². The number of hydrogen-bond acceptors (Lipinski definition) is 4. The summed E-state index contributed by atoms with van der Waals surface area (Å²) in [5.41, 5.74) is 2.11. The number of carbonyl (C=O) groups excluding carboxylic acids is 1. The number of methoxy groups -OCH3 is 1. The van der Waals surface area contributed by atoms with Crippen molar-refractivity contribution in [3.05, 3.63) is 58.9 Å². The SMILES string of the molecule is COc1ccc(C(=O)Nc2cc(-c3nc4ccc(F)cc4[nH]3)[nH]n2)cc1Cl. The van der Waals surface area contributed by atoms with Crippen LogP contribution in [-0.2, 0) is 0 Å². The highest BCUT2D eigenvalue weighted by Gasteiger charge is 2.13. The maximum atomic E-state index is 13.3. The molecule has 9 heteroatoms. The van der Waals surface area contributed by atoms with Crippen LogP contribution in [0.1, 0.15) is 10.4 Å². The first-order chi connectivity index (χ1) is 13.0. The third-order valence-electron chi connectivity index (χ3n) is 3.93. The van der Waals surface area contributed by atoms with Crippen LogP contribution in [0.25, 0.3) is 22.6 Å². The molecule has 0 bridgehead atoms. The number of benzene rings is 2. The Labute approximate surface area is 157 Å². The summed E-state index contributed by atoms with van der Waals surface area (Å²) in [6.45, 7) is 0. The molecule has 27 heavy (non-hydrogen) atoms. The number of nitrogens with one attached hydrogen (secondary N) is 3. The molecule has 3 N–H and O–H groups in total.